The maximum absolute atomic E-state index is 13.0. The Morgan fingerprint density at radius 3 is 2.44 bits per heavy atom. The third-order valence-electron chi connectivity index (χ3n) is 5.21. The quantitative estimate of drug-likeness (QED) is 0.799. The molecule has 2 N–H and O–H groups in total. The van der Waals surface area contributed by atoms with Crippen molar-refractivity contribution in [1.29, 1.82) is 0 Å². The fourth-order valence-corrected chi connectivity index (χ4v) is 6.92. The van der Waals surface area contributed by atoms with Crippen LogP contribution in [0.4, 0.5) is 0 Å². The minimum atomic E-state index is -3.80. The van der Waals surface area contributed by atoms with Gasteiger partial charge in [-0.3, -0.25) is 0 Å². The summed E-state index contributed by atoms with van der Waals surface area (Å²) < 4.78 is 51.7. The summed E-state index contributed by atoms with van der Waals surface area (Å²) in [6.07, 6.45) is 0.433. The first-order chi connectivity index (χ1) is 12.3. The SMILES string of the molecule is Cl.N[C@@H]1CN(S(=O)(=O)c2ccc3c(c2)S(=O)(=O)CC3)C[C@H]1c1ccccc1. The van der Waals surface area contributed by atoms with Crippen molar-refractivity contribution < 1.29 is 16.8 Å². The van der Waals surface area contributed by atoms with Gasteiger partial charge in [0.05, 0.1) is 15.5 Å². The number of nitrogens with zero attached hydrogens (tertiary/aromatic N) is 1. The molecule has 2 aromatic rings. The molecule has 2 atom stereocenters. The molecule has 0 aliphatic carbocycles. The van der Waals surface area contributed by atoms with Crippen molar-refractivity contribution in [2.24, 2.45) is 5.73 Å². The van der Waals surface area contributed by atoms with Crippen molar-refractivity contribution in [3.8, 4) is 0 Å². The molecule has 0 unspecified atom stereocenters. The van der Waals surface area contributed by atoms with E-state index in [0.717, 1.165) is 5.56 Å². The maximum atomic E-state index is 13.0. The van der Waals surface area contributed by atoms with E-state index in [9.17, 15) is 16.8 Å². The molecule has 1 saturated heterocycles. The molecule has 2 heterocycles. The summed E-state index contributed by atoms with van der Waals surface area (Å²) in [7, 11) is -7.18. The van der Waals surface area contributed by atoms with Gasteiger partial charge in [0.1, 0.15) is 0 Å². The Kier molecular flexibility index (Phi) is 5.39. The van der Waals surface area contributed by atoms with E-state index in [1.807, 2.05) is 30.3 Å². The van der Waals surface area contributed by atoms with E-state index in [1.165, 1.54) is 16.4 Å². The highest BCUT2D eigenvalue weighted by Gasteiger charge is 2.39. The molecule has 0 bridgehead atoms. The first kappa shape index (κ1) is 20.3. The third kappa shape index (κ3) is 3.52. The fourth-order valence-electron chi connectivity index (χ4n) is 3.74. The number of hydrogen-bond donors (Lipinski definition) is 1. The van der Waals surface area contributed by atoms with Crippen LogP contribution < -0.4 is 5.73 Å². The zero-order chi connectivity index (χ0) is 18.5. The van der Waals surface area contributed by atoms with E-state index in [4.69, 9.17) is 5.73 Å². The summed E-state index contributed by atoms with van der Waals surface area (Å²) in [5.74, 6) is -0.0413. The summed E-state index contributed by atoms with van der Waals surface area (Å²) in [5.41, 5.74) is 7.90. The number of hydrogen-bond acceptors (Lipinski definition) is 5. The Labute approximate surface area is 165 Å². The zero-order valence-electron chi connectivity index (χ0n) is 14.5. The number of aryl methyl sites for hydroxylation is 1. The first-order valence-electron chi connectivity index (χ1n) is 8.45. The topological polar surface area (TPSA) is 97.5 Å². The van der Waals surface area contributed by atoms with Gasteiger partial charge in [-0.1, -0.05) is 36.4 Å². The normalized spacial score (nSPS) is 24.3. The Bertz CT molecular complexity index is 1060. The number of rotatable bonds is 3. The molecule has 6 nitrogen and oxygen atoms in total. The first-order valence-corrected chi connectivity index (χ1v) is 11.5. The van der Waals surface area contributed by atoms with Crippen LogP contribution in [0.2, 0.25) is 0 Å². The number of halogens is 1. The lowest BCUT2D eigenvalue weighted by Crippen LogP contribution is -2.32. The maximum Gasteiger partial charge on any atom is 0.243 e. The number of fused-ring (bicyclic) bond motifs is 1. The lowest BCUT2D eigenvalue weighted by Gasteiger charge is -2.17. The molecule has 2 aliphatic rings. The molecule has 1 fully saturated rings. The van der Waals surface area contributed by atoms with Gasteiger partial charge in [0.2, 0.25) is 10.0 Å². The molecule has 0 saturated carbocycles. The van der Waals surface area contributed by atoms with E-state index in [2.05, 4.69) is 0 Å². The van der Waals surface area contributed by atoms with Crippen LogP contribution in [0.15, 0.2) is 58.3 Å². The Morgan fingerprint density at radius 2 is 1.74 bits per heavy atom. The van der Waals surface area contributed by atoms with E-state index in [1.54, 1.807) is 6.07 Å². The van der Waals surface area contributed by atoms with Gasteiger partial charge in [-0.05, 0) is 29.7 Å². The minimum Gasteiger partial charge on any atom is -0.326 e. The van der Waals surface area contributed by atoms with Crippen LogP contribution in [0.3, 0.4) is 0 Å². The molecule has 0 spiro atoms. The van der Waals surface area contributed by atoms with Crippen molar-refractivity contribution in [1.82, 2.24) is 4.31 Å². The van der Waals surface area contributed by atoms with E-state index in [0.29, 0.717) is 12.0 Å². The standard InChI is InChI=1S/C18H20N2O4S2.ClH/c19-17-12-20(11-16(17)13-4-2-1-3-5-13)26(23,24)15-7-6-14-8-9-25(21,22)18(14)10-15;/h1-7,10,16-17H,8-9,11-12,19H2;1H/t16-,17+;/m0./s1. The summed E-state index contributed by atoms with van der Waals surface area (Å²) in [4.78, 5) is 0.157. The minimum absolute atomic E-state index is 0. The number of sulfonamides is 1. The van der Waals surface area contributed by atoms with Crippen LogP contribution in [0.25, 0.3) is 0 Å². The van der Waals surface area contributed by atoms with Gasteiger partial charge >= 0.3 is 0 Å². The molecule has 146 valence electrons. The summed E-state index contributed by atoms with van der Waals surface area (Å²) in [5, 5.41) is 0. The van der Waals surface area contributed by atoms with Crippen molar-refractivity contribution >= 4 is 32.3 Å². The average Bonchev–Trinajstić information content (AvgIpc) is 3.16. The van der Waals surface area contributed by atoms with Gasteiger partial charge in [0.25, 0.3) is 0 Å². The zero-order valence-corrected chi connectivity index (χ0v) is 16.9. The lowest BCUT2D eigenvalue weighted by molar-refractivity contribution is 0.470. The molecule has 0 radical (unpaired) electrons. The van der Waals surface area contributed by atoms with Gasteiger partial charge in [0, 0.05) is 25.0 Å². The lowest BCUT2D eigenvalue weighted by atomic mass is 9.95. The Hall–Kier alpha value is -1.45. The highest BCUT2D eigenvalue weighted by atomic mass is 35.5. The largest absolute Gasteiger partial charge is 0.326 e. The van der Waals surface area contributed by atoms with Crippen LogP contribution in [0, 0.1) is 0 Å². The highest BCUT2D eigenvalue weighted by Crippen LogP contribution is 2.33. The second-order valence-corrected chi connectivity index (χ2v) is 10.9. The predicted octanol–water partition coefficient (Wildman–Crippen LogP) is 1.55. The van der Waals surface area contributed by atoms with Gasteiger partial charge in [-0.2, -0.15) is 4.31 Å². The van der Waals surface area contributed by atoms with Crippen molar-refractivity contribution in [3.63, 3.8) is 0 Å². The van der Waals surface area contributed by atoms with Crippen molar-refractivity contribution in [2.45, 2.75) is 28.2 Å². The average molecular weight is 429 g/mol. The molecule has 0 aromatic heterocycles. The van der Waals surface area contributed by atoms with Crippen LogP contribution in [-0.4, -0.2) is 46.0 Å². The molecule has 2 aromatic carbocycles. The third-order valence-corrected chi connectivity index (χ3v) is 8.83. The molecule has 9 heteroatoms. The van der Waals surface area contributed by atoms with Crippen LogP contribution in [0.1, 0.15) is 17.0 Å². The van der Waals surface area contributed by atoms with Gasteiger partial charge in [0.15, 0.2) is 9.84 Å². The number of nitrogens with two attached hydrogens (primary N) is 1. The van der Waals surface area contributed by atoms with Crippen LogP contribution >= 0.6 is 12.4 Å². The monoisotopic (exact) mass is 428 g/mol. The molecule has 27 heavy (non-hydrogen) atoms. The van der Waals surface area contributed by atoms with Gasteiger partial charge in [-0.25, -0.2) is 16.8 Å². The van der Waals surface area contributed by atoms with Gasteiger partial charge in [-0.15, -0.1) is 12.4 Å². The predicted molar refractivity (Wildman–Crippen MR) is 105 cm³/mol. The van der Waals surface area contributed by atoms with E-state index >= 15 is 0 Å². The Morgan fingerprint density at radius 1 is 1.04 bits per heavy atom. The fraction of sp³-hybridized carbons (Fsp3) is 0.333. The summed E-state index contributed by atoms with van der Waals surface area (Å²) in [6.45, 7) is 0.503. The smallest absolute Gasteiger partial charge is 0.243 e. The van der Waals surface area contributed by atoms with E-state index in [-0.39, 0.29) is 53.0 Å². The molecular formula is C18H21ClN2O4S2. The molecular weight excluding hydrogens is 408 g/mol. The van der Waals surface area contributed by atoms with Crippen molar-refractivity contribution in [3.05, 3.63) is 59.7 Å². The summed E-state index contributed by atoms with van der Waals surface area (Å²) in [6, 6.07) is 13.7. The Balaban J connectivity index is 0.00000210. The van der Waals surface area contributed by atoms with Crippen LogP contribution in [-0.2, 0) is 26.3 Å². The molecule has 2 aliphatic heterocycles. The van der Waals surface area contributed by atoms with Gasteiger partial charge < -0.3 is 5.73 Å². The molecule has 0 amide bonds. The van der Waals surface area contributed by atoms with Crippen molar-refractivity contribution in [2.75, 3.05) is 18.8 Å². The second-order valence-electron chi connectivity index (χ2n) is 6.84. The molecule has 4 rings (SSSR count). The number of benzene rings is 2. The van der Waals surface area contributed by atoms with Crippen LogP contribution in [0.5, 0.6) is 0 Å². The summed E-state index contributed by atoms with van der Waals surface area (Å²) >= 11 is 0. The highest BCUT2D eigenvalue weighted by molar-refractivity contribution is 7.92. The van der Waals surface area contributed by atoms with E-state index < -0.39 is 19.9 Å². The number of sulfone groups is 1. The second kappa shape index (κ2) is 7.18.